The predicted octanol–water partition coefficient (Wildman–Crippen LogP) is 2.72. The molecule has 0 aliphatic rings. The maximum absolute atomic E-state index is 11.8. The van der Waals surface area contributed by atoms with E-state index in [1.807, 2.05) is 11.4 Å². The molecule has 1 aromatic heterocycles. The fraction of sp³-hybridized carbons (Fsp3) is 0.200. The Morgan fingerprint density at radius 1 is 1.48 bits per heavy atom. The molecule has 0 saturated heterocycles. The van der Waals surface area contributed by atoms with Crippen molar-refractivity contribution in [2.45, 2.75) is 11.3 Å². The van der Waals surface area contributed by atoms with Gasteiger partial charge in [-0.3, -0.25) is 5.84 Å². The molecule has 0 fully saturated rings. The Morgan fingerprint density at radius 2 is 2.24 bits per heavy atom. The van der Waals surface area contributed by atoms with Gasteiger partial charge < -0.3 is 20.6 Å². The zero-order chi connectivity index (χ0) is 18.4. The molecule has 0 saturated carbocycles. The highest BCUT2D eigenvalue weighted by molar-refractivity contribution is 8.04. The predicted molar refractivity (Wildman–Crippen MR) is 100 cm³/mol. The normalized spacial score (nSPS) is 11.7. The van der Waals surface area contributed by atoms with Crippen molar-refractivity contribution in [3.05, 3.63) is 39.3 Å². The summed E-state index contributed by atoms with van der Waals surface area (Å²) in [4.78, 5) is 16.3. The average Bonchev–Trinajstić information content (AvgIpc) is 3.04. The van der Waals surface area contributed by atoms with Crippen LogP contribution in [0, 0.1) is 0 Å². The van der Waals surface area contributed by atoms with E-state index in [0.29, 0.717) is 15.1 Å². The van der Waals surface area contributed by atoms with Crippen LogP contribution in [0.1, 0.15) is 6.92 Å². The van der Waals surface area contributed by atoms with Gasteiger partial charge in [0.2, 0.25) is 0 Å². The van der Waals surface area contributed by atoms with Gasteiger partial charge in [-0.1, -0.05) is 11.6 Å². The Bertz CT molecular complexity index is 795. The summed E-state index contributed by atoms with van der Waals surface area (Å²) in [5.74, 6) is 5.33. The van der Waals surface area contributed by atoms with Gasteiger partial charge in [0.15, 0.2) is 10.0 Å². The van der Waals surface area contributed by atoms with Crippen LogP contribution in [-0.2, 0) is 9.53 Å². The lowest BCUT2D eigenvalue weighted by Crippen LogP contribution is -2.30. The van der Waals surface area contributed by atoms with Crippen LogP contribution in [0.3, 0.4) is 0 Å². The number of thioether (sulfide) groups is 1. The van der Waals surface area contributed by atoms with Crippen molar-refractivity contribution in [2.24, 2.45) is 11.6 Å². The van der Waals surface area contributed by atoms with Crippen molar-refractivity contribution in [3.63, 3.8) is 0 Å². The minimum atomic E-state index is -0.617. The molecule has 0 atom stereocenters. The Labute approximate surface area is 158 Å². The molecule has 2 aromatic rings. The summed E-state index contributed by atoms with van der Waals surface area (Å²) < 4.78 is 10.7. The third kappa shape index (κ3) is 4.79. The van der Waals surface area contributed by atoms with Crippen LogP contribution >= 0.6 is 34.7 Å². The second kappa shape index (κ2) is 8.95. The van der Waals surface area contributed by atoms with Gasteiger partial charge in [-0.2, -0.15) is 0 Å². The molecule has 134 valence electrons. The summed E-state index contributed by atoms with van der Waals surface area (Å²) in [5.41, 5.74) is 9.78. The monoisotopic (exact) mass is 400 g/mol. The van der Waals surface area contributed by atoms with Crippen LogP contribution < -0.4 is 21.7 Å². The largest absolute Gasteiger partial charge is 0.495 e. The van der Waals surface area contributed by atoms with Crippen LogP contribution in [0.2, 0.25) is 5.02 Å². The maximum Gasteiger partial charge on any atom is 0.358 e. The number of methoxy groups -OCH3 is 1. The van der Waals surface area contributed by atoms with E-state index in [-0.39, 0.29) is 17.3 Å². The molecule has 1 aromatic carbocycles. The van der Waals surface area contributed by atoms with Crippen molar-refractivity contribution < 1.29 is 14.3 Å². The van der Waals surface area contributed by atoms with Gasteiger partial charge in [0, 0.05) is 10.9 Å². The fourth-order valence-corrected chi connectivity index (χ4v) is 3.83. The average molecular weight is 401 g/mol. The number of halogens is 1. The summed E-state index contributed by atoms with van der Waals surface area (Å²) in [6, 6.07) is 5.41. The number of carbonyl (C=O) groups excluding carboxylic acids is 1. The zero-order valence-electron chi connectivity index (χ0n) is 13.5. The van der Waals surface area contributed by atoms with E-state index in [1.54, 1.807) is 26.2 Å². The molecule has 0 aliphatic carbocycles. The van der Waals surface area contributed by atoms with E-state index >= 15 is 0 Å². The summed E-state index contributed by atoms with van der Waals surface area (Å²) in [6.07, 6.45) is 0. The van der Waals surface area contributed by atoms with Crippen molar-refractivity contribution in [1.82, 2.24) is 10.4 Å². The molecule has 25 heavy (non-hydrogen) atoms. The molecule has 0 radical (unpaired) electrons. The van der Waals surface area contributed by atoms with E-state index in [1.165, 1.54) is 11.3 Å². The lowest BCUT2D eigenvalue weighted by atomic mass is 10.2. The highest BCUT2D eigenvalue weighted by Crippen LogP contribution is 2.34. The van der Waals surface area contributed by atoms with Crippen LogP contribution in [0.15, 0.2) is 38.6 Å². The first-order valence-corrected chi connectivity index (χ1v) is 9.18. The molecule has 1 heterocycles. The quantitative estimate of drug-likeness (QED) is 0.214. The second-order valence-electron chi connectivity index (χ2n) is 4.55. The molecule has 0 amide bonds. The topological polar surface area (TPSA) is 112 Å². The molecule has 7 nitrogen and oxygen atoms in total. The fourth-order valence-electron chi connectivity index (χ4n) is 1.84. The smallest absolute Gasteiger partial charge is 0.358 e. The number of esters is 1. The van der Waals surface area contributed by atoms with Gasteiger partial charge in [0.05, 0.1) is 24.4 Å². The standard InChI is InChI=1S/C15H17ClN4O3S2/c1-3-23-14(21)12(20-18)13(17)25-15-19-10(7-24-15)8-4-5-11(22-2)9(16)6-8/h4-7,20H,3,17-18H2,1-2H3/b13-12+. The van der Waals surface area contributed by atoms with Crippen molar-refractivity contribution in [3.8, 4) is 17.0 Å². The molecular formula is C15H17ClN4O3S2. The van der Waals surface area contributed by atoms with Crippen LogP contribution in [-0.4, -0.2) is 24.7 Å². The first-order valence-electron chi connectivity index (χ1n) is 7.10. The molecule has 5 N–H and O–H groups in total. The van der Waals surface area contributed by atoms with E-state index in [2.05, 4.69) is 10.4 Å². The number of aromatic nitrogens is 1. The highest BCUT2D eigenvalue weighted by Gasteiger charge is 2.16. The van der Waals surface area contributed by atoms with Crippen LogP contribution in [0.5, 0.6) is 5.75 Å². The molecule has 0 aliphatic heterocycles. The van der Waals surface area contributed by atoms with E-state index in [0.717, 1.165) is 23.0 Å². The van der Waals surface area contributed by atoms with Crippen molar-refractivity contribution in [2.75, 3.05) is 13.7 Å². The number of nitrogens with two attached hydrogens (primary N) is 2. The number of ether oxygens (including phenoxy) is 2. The van der Waals surface area contributed by atoms with Gasteiger partial charge in [0.1, 0.15) is 10.8 Å². The summed E-state index contributed by atoms with van der Waals surface area (Å²) >= 11 is 8.65. The number of nitrogens with one attached hydrogen (secondary N) is 1. The lowest BCUT2D eigenvalue weighted by molar-refractivity contribution is -0.139. The van der Waals surface area contributed by atoms with Crippen molar-refractivity contribution in [1.29, 1.82) is 0 Å². The number of benzene rings is 1. The number of rotatable bonds is 7. The van der Waals surface area contributed by atoms with E-state index in [4.69, 9.17) is 32.7 Å². The second-order valence-corrected chi connectivity index (χ2v) is 7.11. The molecule has 0 bridgehead atoms. The summed E-state index contributed by atoms with van der Waals surface area (Å²) in [6.45, 7) is 1.92. The molecule has 2 rings (SSSR count). The first kappa shape index (κ1) is 19.4. The first-order chi connectivity index (χ1) is 12.0. The van der Waals surface area contributed by atoms with Gasteiger partial charge in [0.25, 0.3) is 0 Å². The zero-order valence-corrected chi connectivity index (χ0v) is 15.9. The highest BCUT2D eigenvalue weighted by atomic mass is 35.5. The van der Waals surface area contributed by atoms with Gasteiger partial charge >= 0.3 is 5.97 Å². The van der Waals surface area contributed by atoms with Crippen molar-refractivity contribution >= 4 is 40.7 Å². The van der Waals surface area contributed by atoms with Crippen LogP contribution in [0.25, 0.3) is 11.3 Å². The molecule has 10 heteroatoms. The molecule has 0 spiro atoms. The van der Waals surface area contributed by atoms with Crippen LogP contribution in [0.4, 0.5) is 0 Å². The lowest BCUT2D eigenvalue weighted by Gasteiger charge is -2.08. The number of nitrogens with zero attached hydrogens (tertiary/aromatic N) is 1. The number of carbonyl (C=O) groups is 1. The number of thiazole rings is 1. The number of hydrogen-bond donors (Lipinski definition) is 3. The molecule has 0 unspecified atom stereocenters. The minimum Gasteiger partial charge on any atom is -0.495 e. The van der Waals surface area contributed by atoms with E-state index in [9.17, 15) is 4.79 Å². The molecular weight excluding hydrogens is 384 g/mol. The van der Waals surface area contributed by atoms with Gasteiger partial charge in [-0.15, -0.1) is 11.3 Å². The van der Waals surface area contributed by atoms with Gasteiger partial charge in [-0.05, 0) is 36.9 Å². The third-order valence-corrected chi connectivity index (χ3v) is 5.16. The summed E-state index contributed by atoms with van der Waals surface area (Å²) in [5, 5.41) is 2.54. The minimum absolute atomic E-state index is 0.00362. The Balaban J connectivity index is 2.21. The Morgan fingerprint density at radius 3 is 2.84 bits per heavy atom. The van der Waals surface area contributed by atoms with Gasteiger partial charge in [-0.25, -0.2) is 9.78 Å². The maximum atomic E-state index is 11.8. The third-order valence-electron chi connectivity index (χ3n) is 3.00. The Hall–Kier alpha value is -1.94. The number of hydrogen-bond acceptors (Lipinski definition) is 9. The number of hydrazine groups is 1. The Kier molecular flexibility index (Phi) is 6.94. The summed E-state index contributed by atoms with van der Waals surface area (Å²) in [7, 11) is 1.56. The van der Waals surface area contributed by atoms with E-state index < -0.39 is 5.97 Å². The SMILES string of the molecule is CCOC(=O)/C(NN)=C(/N)Sc1nc(-c2ccc(OC)c(Cl)c2)cs1.